The van der Waals surface area contributed by atoms with Crippen molar-refractivity contribution in [3.05, 3.63) is 35.6 Å². The van der Waals surface area contributed by atoms with Crippen LogP contribution < -0.4 is 10.7 Å². The lowest BCUT2D eigenvalue weighted by molar-refractivity contribution is 0.243. The van der Waals surface area contributed by atoms with Crippen LogP contribution in [0.3, 0.4) is 0 Å². The average molecular weight is 275 g/mol. The summed E-state index contributed by atoms with van der Waals surface area (Å²) in [6, 6.07) is 3.46. The van der Waals surface area contributed by atoms with Crippen molar-refractivity contribution in [2.75, 3.05) is 7.05 Å². The van der Waals surface area contributed by atoms with Crippen LogP contribution in [0.25, 0.3) is 10.6 Å². The normalized spacial score (nSPS) is 11.2. The molecule has 2 aromatic rings. The van der Waals surface area contributed by atoms with Crippen LogP contribution in [0.15, 0.2) is 35.8 Å². The Morgan fingerprint density at radius 2 is 2.26 bits per heavy atom. The number of carbonyl (C=O) groups excluding carboxylic acids is 1. The second kappa shape index (κ2) is 6.05. The lowest BCUT2D eigenvalue weighted by Gasteiger charge is -1.98. The van der Waals surface area contributed by atoms with Crippen molar-refractivity contribution in [3.63, 3.8) is 0 Å². The molecule has 2 N–H and O–H groups in total. The zero-order valence-corrected chi connectivity index (χ0v) is 11.4. The molecule has 98 valence electrons. The number of hydrazone groups is 1. The van der Waals surface area contributed by atoms with Crippen LogP contribution >= 0.6 is 11.3 Å². The number of rotatable bonds is 3. The molecule has 7 heteroatoms. The van der Waals surface area contributed by atoms with E-state index >= 15 is 0 Å². The van der Waals surface area contributed by atoms with Crippen LogP contribution in [0.1, 0.15) is 11.8 Å². The van der Waals surface area contributed by atoms with Gasteiger partial charge in [-0.05, 0) is 19.1 Å². The molecule has 2 rings (SSSR count). The maximum Gasteiger partial charge on any atom is 0.334 e. The summed E-state index contributed by atoms with van der Waals surface area (Å²) in [6.45, 7) is 1.82. The summed E-state index contributed by atoms with van der Waals surface area (Å²) in [5.41, 5.74) is 4.05. The van der Waals surface area contributed by atoms with Crippen molar-refractivity contribution in [3.8, 4) is 10.6 Å². The molecule has 0 saturated carbocycles. The van der Waals surface area contributed by atoms with Crippen molar-refractivity contribution in [1.29, 1.82) is 0 Å². The molecule has 2 aromatic heterocycles. The molecule has 0 bridgehead atoms. The molecule has 0 atom stereocenters. The number of hydrogen-bond donors (Lipinski definition) is 2. The third-order valence-electron chi connectivity index (χ3n) is 2.32. The zero-order valence-electron chi connectivity index (χ0n) is 10.5. The predicted octanol–water partition coefficient (Wildman–Crippen LogP) is 1.86. The van der Waals surface area contributed by atoms with E-state index in [1.165, 1.54) is 18.4 Å². The first kappa shape index (κ1) is 13.2. The Labute approximate surface area is 114 Å². The molecule has 0 saturated heterocycles. The van der Waals surface area contributed by atoms with Crippen LogP contribution in [-0.2, 0) is 0 Å². The Bertz CT molecular complexity index is 593. The van der Waals surface area contributed by atoms with E-state index in [-0.39, 0.29) is 6.03 Å². The van der Waals surface area contributed by atoms with E-state index in [4.69, 9.17) is 0 Å². The van der Waals surface area contributed by atoms with Crippen LogP contribution in [-0.4, -0.2) is 28.8 Å². The van der Waals surface area contributed by atoms with E-state index < -0.39 is 0 Å². The van der Waals surface area contributed by atoms with Crippen molar-refractivity contribution in [2.45, 2.75) is 6.92 Å². The summed E-state index contributed by atoms with van der Waals surface area (Å²) in [5.74, 6) is 0. The number of nitrogens with zero attached hydrogens (tertiary/aromatic N) is 3. The van der Waals surface area contributed by atoms with Gasteiger partial charge in [-0.3, -0.25) is 4.98 Å². The standard InChI is InChI=1S/C12H13N5OS/c1-8(16-17-12(18)13-2)10-7-15-11(19-10)9-4-3-5-14-6-9/h3-7H,1-2H3,(H2,13,17,18)/b16-8+. The smallest absolute Gasteiger partial charge is 0.334 e. The van der Waals surface area contributed by atoms with E-state index in [2.05, 4.69) is 25.8 Å². The van der Waals surface area contributed by atoms with Gasteiger partial charge in [0.2, 0.25) is 0 Å². The maximum atomic E-state index is 11.0. The minimum atomic E-state index is -0.351. The Hall–Kier alpha value is -2.28. The summed E-state index contributed by atoms with van der Waals surface area (Å²) in [4.78, 5) is 20.3. The average Bonchev–Trinajstić information content (AvgIpc) is 2.95. The van der Waals surface area contributed by atoms with E-state index in [1.54, 1.807) is 18.6 Å². The molecule has 2 amide bonds. The summed E-state index contributed by atoms with van der Waals surface area (Å²) in [6.07, 6.45) is 5.22. The van der Waals surface area contributed by atoms with E-state index in [1.807, 2.05) is 19.1 Å². The van der Waals surface area contributed by atoms with Gasteiger partial charge in [0.15, 0.2) is 0 Å². The van der Waals surface area contributed by atoms with Crippen LogP contribution in [0.2, 0.25) is 0 Å². The Morgan fingerprint density at radius 3 is 2.95 bits per heavy atom. The second-order valence-corrected chi connectivity index (χ2v) is 4.69. The number of thiazole rings is 1. The molecule has 0 aliphatic rings. The molecule has 0 aliphatic heterocycles. The molecule has 0 radical (unpaired) electrons. The molecule has 0 unspecified atom stereocenters. The molecule has 19 heavy (non-hydrogen) atoms. The van der Waals surface area contributed by atoms with Gasteiger partial charge in [-0.2, -0.15) is 5.10 Å². The van der Waals surface area contributed by atoms with Gasteiger partial charge in [0.05, 0.1) is 10.6 Å². The minimum absolute atomic E-state index is 0.351. The number of pyridine rings is 1. The molecule has 0 fully saturated rings. The fourth-order valence-electron chi connectivity index (χ4n) is 1.31. The SMILES string of the molecule is CNC(=O)N/N=C(\C)c1cnc(-c2cccnc2)s1. The second-order valence-electron chi connectivity index (χ2n) is 3.66. The lowest BCUT2D eigenvalue weighted by Crippen LogP contribution is -2.29. The third-order valence-corrected chi connectivity index (χ3v) is 3.48. The largest absolute Gasteiger partial charge is 0.340 e. The van der Waals surface area contributed by atoms with Crippen LogP contribution in [0, 0.1) is 0 Å². The predicted molar refractivity (Wildman–Crippen MR) is 75.1 cm³/mol. The van der Waals surface area contributed by atoms with Gasteiger partial charge in [0, 0.05) is 31.2 Å². The molecular formula is C12H13N5OS. The minimum Gasteiger partial charge on any atom is -0.340 e. The van der Waals surface area contributed by atoms with Crippen LogP contribution in [0.4, 0.5) is 4.79 Å². The number of hydrogen-bond acceptors (Lipinski definition) is 5. The first-order valence-corrected chi connectivity index (χ1v) is 6.41. The Kier molecular flexibility index (Phi) is 4.19. The molecule has 0 aromatic carbocycles. The lowest BCUT2D eigenvalue weighted by atomic mass is 10.3. The van der Waals surface area contributed by atoms with Gasteiger partial charge in [0.25, 0.3) is 0 Å². The van der Waals surface area contributed by atoms with E-state index in [0.29, 0.717) is 5.71 Å². The first-order valence-electron chi connectivity index (χ1n) is 5.59. The van der Waals surface area contributed by atoms with Gasteiger partial charge < -0.3 is 5.32 Å². The highest BCUT2D eigenvalue weighted by molar-refractivity contribution is 7.17. The molecular weight excluding hydrogens is 262 g/mol. The number of aromatic nitrogens is 2. The van der Waals surface area contributed by atoms with Crippen molar-refractivity contribution in [1.82, 2.24) is 20.7 Å². The molecule has 2 heterocycles. The van der Waals surface area contributed by atoms with E-state index in [9.17, 15) is 4.79 Å². The fourth-order valence-corrected chi connectivity index (χ4v) is 2.16. The number of nitrogens with one attached hydrogen (secondary N) is 2. The Morgan fingerprint density at radius 1 is 1.42 bits per heavy atom. The zero-order chi connectivity index (χ0) is 13.7. The maximum absolute atomic E-state index is 11.0. The van der Waals surface area contributed by atoms with E-state index in [0.717, 1.165) is 15.4 Å². The Balaban J connectivity index is 2.15. The highest BCUT2D eigenvalue weighted by atomic mass is 32.1. The topological polar surface area (TPSA) is 79.3 Å². The number of amides is 2. The molecule has 0 spiro atoms. The van der Waals surface area contributed by atoms with Gasteiger partial charge in [-0.15, -0.1) is 11.3 Å². The van der Waals surface area contributed by atoms with Gasteiger partial charge in [-0.25, -0.2) is 15.2 Å². The fraction of sp³-hybridized carbons (Fsp3) is 0.167. The third kappa shape index (κ3) is 3.35. The molecule has 0 aliphatic carbocycles. The highest BCUT2D eigenvalue weighted by Crippen LogP contribution is 2.24. The molecule has 6 nitrogen and oxygen atoms in total. The highest BCUT2D eigenvalue weighted by Gasteiger charge is 2.07. The summed E-state index contributed by atoms with van der Waals surface area (Å²) in [5, 5.41) is 7.28. The van der Waals surface area contributed by atoms with Crippen molar-refractivity contribution in [2.24, 2.45) is 5.10 Å². The summed E-state index contributed by atoms with van der Waals surface area (Å²) >= 11 is 1.50. The number of carbonyl (C=O) groups is 1. The quantitative estimate of drug-likeness (QED) is 0.663. The van der Waals surface area contributed by atoms with Gasteiger partial charge in [-0.1, -0.05) is 0 Å². The monoisotopic (exact) mass is 275 g/mol. The summed E-state index contributed by atoms with van der Waals surface area (Å²) in [7, 11) is 1.54. The van der Waals surface area contributed by atoms with Crippen molar-refractivity contribution >= 4 is 23.1 Å². The summed E-state index contributed by atoms with van der Waals surface area (Å²) < 4.78 is 0. The first-order chi connectivity index (χ1) is 9.20. The van der Waals surface area contributed by atoms with Crippen molar-refractivity contribution < 1.29 is 4.79 Å². The van der Waals surface area contributed by atoms with Gasteiger partial charge >= 0.3 is 6.03 Å². The number of urea groups is 1. The van der Waals surface area contributed by atoms with Gasteiger partial charge in [0.1, 0.15) is 5.01 Å². The van der Waals surface area contributed by atoms with Crippen LogP contribution in [0.5, 0.6) is 0 Å².